The smallest absolute Gasteiger partial charge is 0.233 e. The number of anilines is 1. The first kappa shape index (κ1) is 25.0. The maximum absolute atomic E-state index is 13.2. The number of likely N-dealkylation sites (N-methyl/N-ethyl adjacent to an activating group) is 1. The minimum absolute atomic E-state index is 0. The number of thiazole rings is 1. The molecule has 162 valence electrons. The molecule has 0 bridgehead atoms. The summed E-state index contributed by atoms with van der Waals surface area (Å²) in [7, 11) is 4.01. The van der Waals surface area contributed by atoms with Crippen molar-refractivity contribution in [2.24, 2.45) is 0 Å². The molecule has 0 N–H and O–H groups in total. The quantitative estimate of drug-likeness (QED) is 0.367. The lowest BCUT2D eigenvalue weighted by atomic mass is 10.1. The summed E-state index contributed by atoms with van der Waals surface area (Å²) in [4.78, 5) is 22.9. The Morgan fingerprint density at radius 3 is 2.43 bits per heavy atom. The number of hydrogen-bond acceptors (Lipinski definition) is 5. The summed E-state index contributed by atoms with van der Waals surface area (Å²) < 4.78 is 0.991. The number of aromatic nitrogens is 1. The Bertz CT molecular complexity index is 974. The zero-order valence-electron chi connectivity index (χ0n) is 17.6. The van der Waals surface area contributed by atoms with Gasteiger partial charge in [0, 0.05) is 23.2 Å². The van der Waals surface area contributed by atoms with E-state index in [1.165, 1.54) is 16.2 Å². The van der Waals surface area contributed by atoms with Gasteiger partial charge in [-0.2, -0.15) is 0 Å². The Labute approximate surface area is 198 Å². The number of amides is 1. The summed E-state index contributed by atoms with van der Waals surface area (Å²) in [6, 6.07) is 14.0. The van der Waals surface area contributed by atoms with E-state index in [-0.39, 0.29) is 18.3 Å². The SMILES string of the molecule is CC(C)Sc1ccc(CC(=O)N(CCN(C)C)c2nc3c(Cl)cccc3s2)cc1.Cl. The summed E-state index contributed by atoms with van der Waals surface area (Å²) in [5, 5.41) is 1.85. The molecule has 0 unspecified atom stereocenters. The average molecular weight is 485 g/mol. The highest BCUT2D eigenvalue weighted by Crippen LogP contribution is 2.33. The number of halogens is 2. The Kier molecular flexibility index (Phi) is 9.44. The lowest BCUT2D eigenvalue weighted by molar-refractivity contribution is -0.118. The third-order valence-corrected chi connectivity index (χ3v) is 6.68. The summed E-state index contributed by atoms with van der Waals surface area (Å²) in [6.07, 6.45) is 0.351. The molecule has 0 spiro atoms. The number of carbonyl (C=O) groups is 1. The van der Waals surface area contributed by atoms with Crippen LogP contribution in [0.2, 0.25) is 5.02 Å². The number of benzene rings is 2. The molecule has 0 fully saturated rings. The summed E-state index contributed by atoms with van der Waals surface area (Å²) >= 11 is 9.62. The molecule has 0 aliphatic heterocycles. The van der Waals surface area contributed by atoms with Crippen molar-refractivity contribution in [2.75, 3.05) is 32.1 Å². The van der Waals surface area contributed by atoms with Crippen molar-refractivity contribution in [3.05, 3.63) is 53.1 Å². The van der Waals surface area contributed by atoms with Crippen molar-refractivity contribution in [1.29, 1.82) is 0 Å². The van der Waals surface area contributed by atoms with Crippen LogP contribution in [0.15, 0.2) is 47.4 Å². The van der Waals surface area contributed by atoms with Crippen LogP contribution in [0.1, 0.15) is 19.4 Å². The van der Waals surface area contributed by atoms with Crippen molar-refractivity contribution < 1.29 is 4.79 Å². The molecule has 0 aliphatic carbocycles. The fourth-order valence-corrected chi connectivity index (χ4v) is 5.02. The van der Waals surface area contributed by atoms with Crippen molar-refractivity contribution in [2.45, 2.75) is 30.4 Å². The molecule has 2 aromatic carbocycles. The van der Waals surface area contributed by atoms with E-state index in [0.717, 1.165) is 22.3 Å². The number of hydrogen-bond donors (Lipinski definition) is 0. The van der Waals surface area contributed by atoms with Gasteiger partial charge in [-0.25, -0.2) is 4.98 Å². The maximum Gasteiger partial charge on any atom is 0.233 e. The van der Waals surface area contributed by atoms with E-state index < -0.39 is 0 Å². The van der Waals surface area contributed by atoms with Crippen LogP contribution in [-0.2, 0) is 11.2 Å². The van der Waals surface area contributed by atoms with Gasteiger partial charge < -0.3 is 4.90 Å². The van der Waals surface area contributed by atoms with Gasteiger partial charge in [-0.1, -0.05) is 55.0 Å². The predicted molar refractivity (Wildman–Crippen MR) is 134 cm³/mol. The maximum atomic E-state index is 13.2. The van der Waals surface area contributed by atoms with Gasteiger partial charge in [0.25, 0.3) is 0 Å². The van der Waals surface area contributed by atoms with Gasteiger partial charge in [0.05, 0.1) is 16.1 Å². The minimum atomic E-state index is 0. The molecule has 30 heavy (non-hydrogen) atoms. The van der Waals surface area contributed by atoms with Gasteiger partial charge in [0.1, 0.15) is 5.52 Å². The van der Waals surface area contributed by atoms with Gasteiger partial charge in [-0.3, -0.25) is 9.69 Å². The number of carbonyl (C=O) groups excluding carboxylic acids is 1. The van der Waals surface area contributed by atoms with E-state index in [1.54, 1.807) is 4.90 Å². The van der Waals surface area contributed by atoms with Crippen LogP contribution in [0.5, 0.6) is 0 Å². The van der Waals surface area contributed by atoms with E-state index in [4.69, 9.17) is 11.6 Å². The first-order chi connectivity index (χ1) is 13.8. The number of para-hydroxylation sites is 1. The molecule has 4 nitrogen and oxygen atoms in total. The van der Waals surface area contributed by atoms with Crippen molar-refractivity contribution >= 4 is 68.4 Å². The van der Waals surface area contributed by atoms with E-state index >= 15 is 0 Å². The number of fused-ring (bicyclic) bond motifs is 1. The monoisotopic (exact) mass is 483 g/mol. The molecule has 8 heteroatoms. The molecule has 0 saturated heterocycles. The van der Waals surface area contributed by atoms with E-state index in [1.807, 2.05) is 56.2 Å². The molecule has 0 atom stereocenters. The standard InChI is InChI=1S/C22H26ClN3OS2.ClH/c1-15(2)28-17-10-8-16(9-11-17)14-20(27)26(13-12-25(3)4)22-24-21-18(23)6-5-7-19(21)29-22;/h5-11,15H,12-14H2,1-4H3;1H. The molecule has 3 rings (SSSR count). The highest BCUT2D eigenvalue weighted by molar-refractivity contribution is 7.99. The predicted octanol–water partition coefficient (Wildman–Crippen LogP) is 6.01. The molecule has 1 heterocycles. The van der Waals surface area contributed by atoms with E-state index in [9.17, 15) is 4.79 Å². The topological polar surface area (TPSA) is 36.4 Å². The van der Waals surface area contributed by atoms with Gasteiger partial charge >= 0.3 is 0 Å². The fourth-order valence-electron chi connectivity index (χ4n) is 2.87. The van der Waals surface area contributed by atoms with Crippen LogP contribution in [0.4, 0.5) is 5.13 Å². The fraction of sp³-hybridized carbons (Fsp3) is 0.364. The second-order valence-electron chi connectivity index (χ2n) is 7.42. The van der Waals surface area contributed by atoms with Crippen LogP contribution in [0.25, 0.3) is 10.2 Å². The second kappa shape index (κ2) is 11.3. The summed E-state index contributed by atoms with van der Waals surface area (Å²) in [5.74, 6) is 0.0475. The number of rotatable bonds is 8. The van der Waals surface area contributed by atoms with E-state index in [0.29, 0.717) is 28.4 Å². The van der Waals surface area contributed by atoms with Crippen molar-refractivity contribution in [3.63, 3.8) is 0 Å². The molecule has 1 amide bonds. The second-order valence-corrected chi connectivity index (χ2v) is 10.5. The van der Waals surface area contributed by atoms with Crippen LogP contribution < -0.4 is 4.90 Å². The van der Waals surface area contributed by atoms with Crippen LogP contribution in [0.3, 0.4) is 0 Å². The van der Waals surface area contributed by atoms with Crippen LogP contribution in [-0.4, -0.2) is 48.2 Å². The normalized spacial score (nSPS) is 11.2. The number of thioether (sulfide) groups is 1. The third-order valence-electron chi connectivity index (χ3n) is 4.31. The Morgan fingerprint density at radius 1 is 1.13 bits per heavy atom. The lowest BCUT2D eigenvalue weighted by Gasteiger charge is -2.22. The molecular weight excluding hydrogens is 457 g/mol. The molecular formula is C22H27Cl2N3OS2. The molecule has 1 aromatic heterocycles. The lowest BCUT2D eigenvalue weighted by Crippen LogP contribution is -2.37. The largest absolute Gasteiger partial charge is 0.308 e. The summed E-state index contributed by atoms with van der Waals surface area (Å²) in [5.41, 5.74) is 1.77. The van der Waals surface area contributed by atoms with Gasteiger partial charge in [-0.05, 0) is 43.9 Å². The molecule has 0 radical (unpaired) electrons. The Morgan fingerprint density at radius 2 is 1.83 bits per heavy atom. The van der Waals surface area contributed by atoms with E-state index in [2.05, 4.69) is 35.9 Å². The van der Waals surface area contributed by atoms with Gasteiger partial charge in [0.2, 0.25) is 5.91 Å². The first-order valence-corrected chi connectivity index (χ1v) is 11.7. The number of nitrogens with zero attached hydrogens (tertiary/aromatic N) is 3. The molecule has 0 saturated carbocycles. The average Bonchev–Trinajstić information content (AvgIpc) is 3.08. The zero-order chi connectivity index (χ0) is 21.0. The highest BCUT2D eigenvalue weighted by atomic mass is 35.5. The Hall–Kier alpha value is -1.31. The first-order valence-electron chi connectivity index (χ1n) is 9.59. The summed E-state index contributed by atoms with van der Waals surface area (Å²) in [6.45, 7) is 5.70. The minimum Gasteiger partial charge on any atom is -0.308 e. The highest BCUT2D eigenvalue weighted by Gasteiger charge is 2.21. The van der Waals surface area contributed by atoms with Crippen LogP contribution in [0, 0.1) is 0 Å². The third kappa shape index (κ3) is 6.59. The van der Waals surface area contributed by atoms with Crippen LogP contribution >= 0.6 is 47.1 Å². The van der Waals surface area contributed by atoms with Crippen molar-refractivity contribution in [3.8, 4) is 0 Å². The zero-order valence-corrected chi connectivity index (χ0v) is 20.8. The van der Waals surface area contributed by atoms with Gasteiger partial charge in [0.15, 0.2) is 5.13 Å². The molecule has 0 aliphatic rings. The molecule has 3 aromatic rings. The van der Waals surface area contributed by atoms with Crippen molar-refractivity contribution in [1.82, 2.24) is 9.88 Å². The Balaban J connectivity index is 0.00000320. The van der Waals surface area contributed by atoms with Gasteiger partial charge in [-0.15, -0.1) is 24.2 Å².